The number of phenols is 1. The van der Waals surface area contributed by atoms with Crippen LogP contribution in [0.15, 0.2) is 34.9 Å². The van der Waals surface area contributed by atoms with Crippen LogP contribution in [0, 0.1) is 6.92 Å². The van der Waals surface area contributed by atoms with E-state index in [9.17, 15) is 5.11 Å². The van der Waals surface area contributed by atoms with Gasteiger partial charge >= 0.3 is 0 Å². The average Bonchev–Trinajstić information content (AvgIpc) is 2.75. The molecule has 0 amide bonds. The van der Waals surface area contributed by atoms with Crippen molar-refractivity contribution in [3.05, 3.63) is 40.5 Å². The van der Waals surface area contributed by atoms with Crippen LogP contribution in [0.5, 0.6) is 5.75 Å². The van der Waals surface area contributed by atoms with E-state index in [1.54, 1.807) is 12.3 Å². The average molecular weight is 304 g/mol. The van der Waals surface area contributed by atoms with Crippen molar-refractivity contribution in [1.82, 2.24) is 15.0 Å². The number of aryl methyl sites for hydroxylation is 1. The van der Waals surface area contributed by atoms with Crippen LogP contribution in [-0.2, 0) is 0 Å². The Morgan fingerprint density at radius 2 is 2.11 bits per heavy atom. The third-order valence-corrected chi connectivity index (χ3v) is 3.21. The van der Waals surface area contributed by atoms with Gasteiger partial charge in [0.25, 0.3) is 0 Å². The van der Waals surface area contributed by atoms with Crippen molar-refractivity contribution in [2.75, 3.05) is 0 Å². The van der Waals surface area contributed by atoms with Crippen LogP contribution in [0.4, 0.5) is 0 Å². The lowest BCUT2D eigenvalue weighted by molar-refractivity contribution is 0.471. The second-order valence-corrected chi connectivity index (χ2v) is 5.03. The summed E-state index contributed by atoms with van der Waals surface area (Å²) in [4.78, 5) is 11.9. The number of benzene rings is 1. The van der Waals surface area contributed by atoms with Gasteiger partial charge in [0, 0.05) is 16.2 Å². The number of nitrogens with zero attached hydrogens (tertiary/aromatic N) is 2. The second kappa shape index (κ2) is 4.10. The van der Waals surface area contributed by atoms with Crippen molar-refractivity contribution in [2.24, 2.45) is 0 Å². The molecular formula is C13H10BrN3O. The van der Waals surface area contributed by atoms with Gasteiger partial charge in [0.2, 0.25) is 0 Å². The number of phenolic OH excluding ortho intramolecular Hbond substituents is 1. The van der Waals surface area contributed by atoms with Crippen molar-refractivity contribution in [1.29, 1.82) is 0 Å². The summed E-state index contributed by atoms with van der Waals surface area (Å²) >= 11 is 3.38. The molecule has 5 heteroatoms. The van der Waals surface area contributed by atoms with Crippen molar-refractivity contribution in [3.63, 3.8) is 0 Å². The molecule has 0 radical (unpaired) electrons. The Hall–Kier alpha value is -1.88. The van der Waals surface area contributed by atoms with Crippen LogP contribution in [0.3, 0.4) is 0 Å². The Kier molecular flexibility index (Phi) is 2.56. The molecule has 0 aliphatic carbocycles. The van der Waals surface area contributed by atoms with Crippen molar-refractivity contribution >= 4 is 27.1 Å². The molecule has 0 saturated heterocycles. The maximum absolute atomic E-state index is 9.52. The fourth-order valence-electron chi connectivity index (χ4n) is 1.81. The Bertz CT molecular complexity index is 736. The Labute approximate surface area is 112 Å². The smallest absolute Gasteiger partial charge is 0.178 e. The van der Waals surface area contributed by atoms with Crippen molar-refractivity contribution in [3.8, 4) is 17.1 Å². The number of rotatable bonds is 1. The molecule has 2 N–H and O–H groups in total. The van der Waals surface area contributed by atoms with E-state index in [-0.39, 0.29) is 5.75 Å². The number of H-pyrrole nitrogens is 1. The minimum Gasteiger partial charge on any atom is -0.508 e. The van der Waals surface area contributed by atoms with Crippen molar-refractivity contribution < 1.29 is 5.11 Å². The van der Waals surface area contributed by atoms with Gasteiger partial charge in [-0.3, -0.25) is 0 Å². The predicted molar refractivity (Wildman–Crippen MR) is 73.4 cm³/mol. The predicted octanol–water partition coefficient (Wildman–Crippen LogP) is 3.40. The van der Waals surface area contributed by atoms with E-state index in [0.29, 0.717) is 5.65 Å². The molecule has 0 fully saturated rings. The van der Waals surface area contributed by atoms with Gasteiger partial charge in [0.05, 0.1) is 5.52 Å². The van der Waals surface area contributed by atoms with Crippen LogP contribution in [0.25, 0.3) is 22.6 Å². The fraction of sp³-hybridized carbons (Fsp3) is 0.0769. The Balaban J connectivity index is 2.16. The zero-order valence-corrected chi connectivity index (χ0v) is 11.2. The van der Waals surface area contributed by atoms with Gasteiger partial charge in [-0.1, -0.05) is 0 Å². The number of aromatic nitrogens is 3. The van der Waals surface area contributed by atoms with Crippen LogP contribution >= 0.6 is 15.9 Å². The molecule has 4 nitrogen and oxygen atoms in total. The van der Waals surface area contributed by atoms with Gasteiger partial charge in [-0.2, -0.15) is 0 Å². The highest BCUT2D eigenvalue weighted by Gasteiger charge is 2.07. The van der Waals surface area contributed by atoms with E-state index in [2.05, 4.69) is 30.9 Å². The summed E-state index contributed by atoms with van der Waals surface area (Å²) in [5.41, 5.74) is 3.31. The Morgan fingerprint density at radius 1 is 1.28 bits per heavy atom. The first-order chi connectivity index (χ1) is 8.63. The SMILES string of the molecule is Cc1cc(-c2nc3ncc(Br)cc3[nH]2)ccc1O. The van der Waals surface area contributed by atoms with Crippen molar-refractivity contribution in [2.45, 2.75) is 6.92 Å². The van der Waals surface area contributed by atoms with E-state index in [1.807, 2.05) is 25.1 Å². The first kappa shape index (κ1) is 11.2. The van der Waals surface area contributed by atoms with Gasteiger partial charge in [-0.05, 0) is 52.7 Å². The lowest BCUT2D eigenvalue weighted by atomic mass is 10.1. The quantitative estimate of drug-likeness (QED) is 0.724. The van der Waals surface area contributed by atoms with Crippen LogP contribution in [0.2, 0.25) is 0 Å². The molecule has 3 rings (SSSR count). The standard InChI is InChI=1S/C13H10BrN3O/c1-7-4-8(2-3-11(7)18)12-16-10-5-9(14)6-15-13(10)17-12/h2-6,18H,1H3,(H,15,16,17). The maximum Gasteiger partial charge on any atom is 0.178 e. The first-order valence-corrected chi connectivity index (χ1v) is 6.24. The van der Waals surface area contributed by atoms with Crippen LogP contribution in [0.1, 0.15) is 5.56 Å². The zero-order valence-electron chi connectivity index (χ0n) is 9.61. The van der Waals surface area contributed by atoms with E-state index in [0.717, 1.165) is 26.9 Å². The zero-order chi connectivity index (χ0) is 12.7. The molecule has 0 atom stereocenters. The molecule has 0 saturated carbocycles. The maximum atomic E-state index is 9.52. The second-order valence-electron chi connectivity index (χ2n) is 4.11. The highest BCUT2D eigenvalue weighted by molar-refractivity contribution is 9.10. The fourth-order valence-corrected chi connectivity index (χ4v) is 2.15. The van der Waals surface area contributed by atoms with E-state index in [1.165, 1.54) is 0 Å². The minimum atomic E-state index is 0.288. The highest BCUT2D eigenvalue weighted by Crippen LogP contribution is 2.25. The topological polar surface area (TPSA) is 61.8 Å². The van der Waals surface area contributed by atoms with Gasteiger partial charge in [0.15, 0.2) is 5.65 Å². The molecule has 2 heterocycles. The van der Waals surface area contributed by atoms with Gasteiger partial charge in [-0.15, -0.1) is 0 Å². The first-order valence-electron chi connectivity index (χ1n) is 5.45. The van der Waals surface area contributed by atoms with Crippen LogP contribution < -0.4 is 0 Å². The third kappa shape index (κ3) is 1.86. The van der Waals surface area contributed by atoms with Gasteiger partial charge < -0.3 is 10.1 Å². The molecule has 3 aromatic rings. The summed E-state index contributed by atoms with van der Waals surface area (Å²) in [6.45, 7) is 1.86. The number of imidazole rings is 1. The molecule has 0 aliphatic heterocycles. The monoisotopic (exact) mass is 303 g/mol. The minimum absolute atomic E-state index is 0.288. The number of nitrogens with one attached hydrogen (secondary N) is 1. The number of aromatic hydroxyl groups is 1. The van der Waals surface area contributed by atoms with E-state index < -0.39 is 0 Å². The van der Waals surface area contributed by atoms with Gasteiger partial charge in [-0.25, -0.2) is 9.97 Å². The molecule has 1 aromatic carbocycles. The number of fused-ring (bicyclic) bond motifs is 1. The molecule has 0 spiro atoms. The van der Waals surface area contributed by atoms with E-state index >= 15 is 0 Å². The van der Waals surface area contributed by atoms with Gasteiger partial charge in [0.1, 0.15) is 11.6 Å². The summed E-state index contributed by atoms with van der Waals surface area (Å²) < 4.78 is 0.909. The molecule has 2 aromatic heterocycles. The molecule has 18 heavy (non-hydrogen) atoms. The summed E-state index contributed by atoms with van der Waals surface area (Å²) in [6.07, 6.45) is 1.72. The number of halogens is 1. The molecule has 0 aliphatic rings. The highest BCUT2D eigenvalue weighted by atomic mass is 79.9. The molecular weight excluding hydrogens is 294 g/mol. The molecule has 0 unspecified atom stereocenters. The number of aromatic amines is 1. The third-order valence-electron chi connectivity index (χ3n) is 2.77. The molecule has 0 bridgehead atoms. The summed E-state index contributed by atoms with van der Waals surface area (Å²) in [7, 11) is 0. The lowest BCUT2D eigenvalue weighted by Gasteiger charge is -2.00. The summed E-state index contributed by atoms with van der Waals surface area (Å²) in [6, 6.07) is 7.32. The summed E-state index contributed by atoms with van der Waals surface area (Å²) in [5.74, 6) is 1.04. The number of hydrogen-bond donors (Lipinski definition) is 2. The summed E-state index contributed by atoms with van der Waals surface area (Å²) in [5, 5.41) is 9.52. The number of hydrogen-bond acceptors (Lipinski definition) is 3. The van der Waals surface area contributed by atoms with Crippen LogP contribution in [-0.4, -0.2) is 20.1 Å². The lowest BCUT2D eigenvalue weighted by Crippen LogP contribution is -1.82. The molecule has 90 valence electrons. The largest absolute Gasteiger partial charge is 0.508 e. The van der Waals surface area contributed by atoms with E-state index in [4.69, 9.17) is 0 Å². The Morgan fingerprint density at radius 3 is 2.89 bits per heavy atom. The number of pyridine rings is 1. The normalized spacial score (nSPS) is 11.0.